The van der Waals surface area contributed by atoms with Crippen molar-refractivity contribution in [3.05, 3.63) is 41.5 Å². The van der Waals surface area contributed by atoms with Crippen molar-refractivity contribution < 1.29 is 4.74 Å². The summed E-state index contributed by atoms with van der Waals surface area (Å²) >= 11 is 0. The Bertz CT molecular complexity index is 675. The summed E-state index contributed by atoms with van der Waals surface area (Å²) in [5, 5.41) is 0. The van der Waals surface area contributed by atoms with Gasteiger partial charge in [-0.25, -0.2) is 0 Å². The highest BCUT2D eigenvalue weighted by Crippen LogP contribution is 2.51. The van der Waals surface area contributed by atoms with Gasteiger partial charge in [0.15, 0.2) is 0 Å². The molecular weight excluding hydrogens is 352 g/mol. The van der Waals surface area contributed by atoms with E-state index in [0.29, 0.717) is 0 Å². The summed E-state index contributed by atoms with van der Waals surface area (Å²) in [6.07, 6.45) is 21.4. The summed E-state index contributed by atoms with van der Waals surface area (Å²) in [6.45, 7) is 5.17. The van der Waals surface area contributed by atoms with E-state index >= 15 is 0 Å². The van der Waals surface area contributed by atoms with E-state index < -0.39 is 0 Å². The minimum atomic E-state index is 0.836. The van der Waals surface area contributed by atoms with Crippen LogP contribution >= 0.6 is 0 Å². The summed E-state index contributed by atoms with van der Waals surface area (Å²) in [5.41, 5.74) is 3.18. The minimum Gasteiger partial charge on any atom is -0.494 e. The van der Waals surface area contributed by atoms with Crippen LogP contribution in [0.25, 0.3) is 0 Å². The van der Waals surface area contributed by atoms with E-state index in [4.69, 9.17) is 4.74 Å². The second-order valence-electron chi connectivity index (χ2n) is 10.1. The molecule has 0 saturated heterocycles. The predicted octanol–water partition coefficient (Wildman–Crippen LogP) is 7.77. The average molecular weight is 395 g/mol. The quantitative estimate of drug-likeness (QED) is 0.429. The van der Waals surface area contributed by atoms with Crippen molar-refractivity contribution in [1.82, 2.24) is 0 Å². The van der Waals surface area contributed by atoms with Crippen LogP contribution in [-0.4, -0.2) is 6.61 Å². The Morgan fingerprint density at radius 1 is 1.00 bits per heavy atom. The van der Waals surface area contributed by atoms with E-state index in [2.05, 4.69) is 44.2 Å². The first kappa shape index (κ1) is 21.0. The van der Waals surface area contributed by atoms with Crippen molar-refractivity contribution in [2.45, 2.75) is 90.9 Å². The van der Waals surface area contributed by atoms with Gasteiger partial charge >= 0.3 is 0 Å². The third-order valence-electron chi connectivity index (χ3n) is 8.31. The fourth-order valence-corrected chi connectivity index (χ4v) is 6.89. The molecule has 3 aliphatic carbocycles. The van der Waals surface area contributed by atoms with Crippen LogP contribution in [0.15, 0.2) is 30.4 Å². The zero-order valence-corrected chi connectivity index (χ0v) is 18.9. The summed E-state index contributed by atoms with van der Waals surface area (Å²) in [5.74, 6) is 6.06. The predicted molar refractivity (Wildman–Crippen MR) is 123 cm³/mol. The summed E-state index contributed by atoms with van der Waals surface area (Å²) in [7, 11) is 0. The molecular formula is C28H42O. The molecule has 2 saturated carbocycles. The first-order valence-electron chi connectivity index (χ1n) is 12.6. The molecule has 5 atom stereocenters. The van der Waals surface area contributed by atoms with Crippen LogP contribution in [0.2, 0.25) is 0 Å². The number of ether oxygens (including phenoxy) is 1. The molecule has 160 valence electrons. The zero-order chi connectivity index (χ0) is 20.1. The SMILES string of the molecule is C/C=C/CC[C@@H]1CC[C@H]2C(CCCC2C2CCc3cc(OCCC)ccc3C2)C1. The third kappa shape index (κ3) is 5.09. The lowest BCUT2D eigenvalue weighted by Gasteiger charge is -2.47. The Balaban J connectivity index is 1.37. The topological polar surface area (TPSA) is 9.23 Å². The van der Waals surface area contributed by atoms with E-state index in [-0.39, 0.29) is 0 Å². The van der Waals surface area contributed by atoms with Crippen LogP contribution in [0, 0.1) is 29.6 Å². The summed E-state index contributed by atoms with van der Waals surface area (Å²) in [4.78, 5) is 0. The van der Waals surface area contributed by atoms with Gasteiger partial charge in [-0.15, -0.1) is 0 Å². The molecule has 4 rings (SSSR count). The van der Waals surface area contributed by atoms with Crippen molar-refractivity contribution in [1.29, 1.82) is 0 Å². The maximum Gasteiger partial charge on any atom is 0.119 e. The van der Waals surface area contributed by atoms with Crippen molar-refractivity contribution in [3.63, 3.8) is 0 Å². The molecule has 0 bridgehead atoms. The van der Waals surface area contributed by atoms with Gasteiger partial charge in [-0.2, -0.15) is 0 Å². The molecule has 0 spiro atoms. The Kier molecular flexibility index (Phi) is 7.38. The molecule has 29 heavy (non-hydrogen) atoms. The Labute approximate surface area is 179 Å². The van der Waals surface area contributed by atoms with E-state index in [0.717, 1.165) is 48.4 Å². The number of fused-ring (bicyclic) bond motifs is 2. The fraction of sp³-hybridized carbons (Fsp3) is 0.714. The number of allylic oxidation sites excluding steroid dienone is 2. The van der Waals surface area contributed by atoms with Crippen LogP contribution in [0.4, 0.5) is 0 Å². The molecule has 0 N–H and O–H groups in total. The van der Waals surface area contributed by atoms with Gasteiger partial charge in [0.05, 0.1) is 6.61 Å². The lowest BCUT2D eigenvalue weighted by molar-refractivity contribution is 0.0372. The molecule has 1 aromatic rings. The maximum absolute atomic E-state index is 5.88. The Morgan fingerprint density at radius 2 is 1.90 bits per heavy atom. The van der Waals surface area contributed by atoms with Gasteiger partial charge in [-0.05, 0) is 118 Å². The standard InChI is InChI=1S/C28H42O/c1-3-5-6-8-21-11-16-28-24(18-21)9-7-10-27(28)25-13-12-23-20-26(29-17-4-2)15-14-22(23)19-25/h3,5,14-15,20-21,24-25,27-28H,4,6-13,16-19H2,1-2H3/b5-3+/t21-,24?,25?,27?,28+/m1/s1. The highest BCUT2D eigenvalue weighted by atomic mass is 16.5. The van der Waals surface area contributed by atoms with Gasteiger partial charge in [0.2, 0.25) is 0 Å². The highest BCUT2D eigenvalue weighted by Gasteiger charge is 2.41. The molecule has 1 aromatic carbocycles. The Hall–Kier alpha value is -1.24. The molecule has 0 amide bonds. The number of hydrogen-bond acceptors (Lipinski definition) is 1. The van der Waals surface area contributed by atoms with Crippen molar-refractivity contribution >= 4 is 0 Å². The highest BCUT2D eigenvalue weighted by molar-refractivity contribution is 5.37. The van der Waals surface area contributed by atoms with E-state index in [1.807, 2.05) is 0 Å². The van der Waals surface area contributed by atoms with Gasteiger partial charge in [0, 0.05) is 0 Å². The second-order valence-corrected chi connectivity index (χ2v) is 10.1. The average Bonchev–Trinajstić information content (AvgIpc) is 2.77. The number of benzene rings is 1. The van der Waals surface area contributed by atoms with Gasteiger partial charge in [0.1, 0.15) is 5.75 Å². The van der Waals surface area contributed by atoms with Crippen LogP contribution in [0.1, 0.15) is 89.2 Å². The number of aryl methyl sites for hydroxylation is 1. The van der Waals surface area contributed by atoms with E-state index in [1.54, 1.807) is 11.1 Å². The number of hydrogen-bond donors (Lipinski definition) is 0. The largest absolute Gasteiger partial charge is 0.494 e. The molecule has 1 nitrogen and oxygen atoms in total. The smallest absolute Gasteiger partial charge is 0.119 e. The molecule has 3 unspecified atom stereocenters. The molecule has 2 fully saturated rings. The Morgan fingerprint density at radius 3 is 2.76 bits per heavy atom. The molecule has 0 radical (unpaired) electrons. The number of rotatable bonds is 7. The van der Waals surface area contributed by atoms with Crippen LogP contribution in [0.3, 0.4) is 0 Å². The first-order chi connectivity index (χ1) is 14.3. The van der Waals surface area contributed by atoms with Crippen LogP contribution in [-0.2, 0) is 12.8 Å². The zero-order valence-electron chi connectivity index (χ0n) is 18.9. The van der Waals surface area contributed by atoms with Gasteiger partial charge in [-0.1, -0.05) is 44.4 Å². The molecule has 1 heteroatoms. The fourth-order valence-electron chi connectivity index (χ4n) is 6.89. The van der Waals surface area contributed by atoms with Crippen molar-refractivity contribution in [2.75, 3.05) is 6.61 Å². The maximum atomic E-state index is 5.88. The monoisotopic (exact) mass is 394 g/mol. The lowest BCUT2D eigenvalue weighted by Crippen LogP contribution is -2.39. The van der Waals surface area contributed by atoms with Crippen LogP contribution < -0.4 is 4.74 Å². The van der Waals surface area contributed by atoms with Gasteiger partial charge in [0.25, 0.3) is 0 Å². The first-order valence-corrected chi connectivity index (χ1v) is 12.6. The summed E-state index contributed by atoms with van der Waals surface area (Å²) in [6, 6.07) is 6.93. The minimum absolute atomic E-state index is 0.836. The molecule has 0 heterocycles. The second kappa shape index (κ2) is 10.2. The molecule has 0 aromatic heterocycles. The molecule has 0 aliphatic heterocycles. The third-order valence-corrected chi connectivity index (χ3v) is 8.31. The lowest BCUT2D eigenvalue weighted by atomic mass is 9.58. The van der Waals surface area contributed by atoms with Gasteiger partial charge in [-0.3, -0.25) is 0 Å². The van der Waals surface area contributed by atoms with E-state index in [9.17, 15) is 0 Å². The van der Waals surface area contributed by atoms with E-state index in [1.165, 1.54) is 70.6 Å². The normalized spacial score (nSPS) is 32.0. The van der Waals surface area contributed by atoms with Crippen LogP contribution in [0.5, 0.6) is 5.75 Å². The molecule has 3 aliphatic rings. The van der Waals surface area contributed by atoms with Crippen molar-refractivity contribution in [2.24, 2.45) is 29.6 Å². The summed E-state index contributed by atoms with van der Waals surface area (Å²) < 4.78 is 5.88. The van der Waals surface area contributed by atoms with Crippen molar-refractivity contribution in [3.8, 4) is 5.75 Å². The van der Waals surface area contributed by atoms with Gasteiger partial charge < -0.3 is 4.74 Å².